The predicted octanol–water partition coefficient (Wildman–Crippen LogP) is 3.61. The first-order chi connectivity index (χ1) is 18.3. The van der Waals surface area contributed by atoms with Crippen LogP contribution in [0.5, 0.6) is 0 Å². The third kappa shape index (κ3) is 4.47. The number of carbonyl (C=O) groups excluding carboxylic acids is 3. The summed E-state index contributed by atoms with van der Waals surface area (Å²) in [6.07, 6.45) is -11.0. The van der Waals surface area contributed by atoms with Crippen molar-refractivity contribution in [1.82, 2.24) is 0 Å². The van der Waals surface area contributed by atoms with E-state index in [0.29, 0.717) is 25.2 Å². The summed E-state index contributed by atoms with van der Waals surface area (Å²) in [6.45, 7) is 2.00. The van der Waals surface area contributed by atoms with Gasteiger partial charge in [-0.1, -0.05) is 13.3 Å². The molecule has 9 nitrogen and oxygen atoms in total. The van der Waals surface area contributed by atoms with Gasteiger partial charge in [0.05, 0.1) is 17.3 Å². The lowest BCUT2D eigenvalue weighted by Gasteiger charge is -2.39. The van der Waals surface area contributed by atoms with Gasteiger partial charge < -0.3 is 14.2 Å². The van der Waals surface area contributed by atoms with E-state index in [1.165, 1.54) is 0 Å². The molecule has 9 atom stereocenters. The van der Waals surface area contributed by atoms with Gasteiger partial charge in [0.1, 0.15) is 18.0 Å². The van der Waals surface area contributed by atoms with Gasteiger partial charge in [-0.05, 0) is 50.4 Å². The van der Waals surface area contributed by atoms with E-state index in [4.69, 9.17) is 14.0 Å². The molecule has 0 radical (unpaired) electrons. The van der Waals surface area contributed by atoms with E-state index in [1.54, 1.807) is 0 Å². The Morgan fingerprint density at radius 2 is 1.73 bits per heavy atom. The summed E-state index contributed by atoms with van der Waals surface area (Å²) in [5.41, 5.74) is -6.41. The molecule has 5 aliphatic rings. The molecule has 1 saturated heterocycles. The van der Waals surface area contributed by atoms with E-state index in [1.807, 2.05) is 6.92 Å². The third-order valence-electron chi connectivity index (χ3n) is 9.70. The molecule has 0 amide bonds. The molecule has 0 aromatic carbocycles. The Hall–Kier alpha value is -2.10. The topological polar surface area (TPSA) is 133 Å². The molecule has 8 unspecified atom stereocenters. The highest BCUT2D eigenvalue weighted by atomic mass is 32.2. The molecule has 0 spiro atoms. The average Bonchev–Trinajstić information content (AvgIpc) is 3.51. The van der Waals surface area contributed by atoms with Crippen LogP contribution in [0.3, 0.4) is 0 Å². The van der Waals surface area contributed by atoms with Crippen molar-refractivity contribution in [2.75, 3.05) is 5.75 Å². The number of fused-ring (bicyclic) bond motifs is 3. The monoisotopic (exact) mass is 606 g/mol. The lowest BCUT2D eigenvalue weighted by atomic mass is 9.70. The van der Waals surface area contributed by atoms with Gasteiger partial charge in [-0.2, -0.15) is 34.8 Å². The standard InChI is InChI=1S/C24H28F6O9S/c1-2-10-5-11-3-4-21(7-10,8-11)20(33)38-17-13-6-12-14(18(31)37-16(12)17)15(13)19(32)39-22(23(25,26)27,24(28,29)30)9-40(34,35)36/h10-17H,2-9H2,1H3,(H,34,35,36)/t10?,11?,12?,13?,14?,15?,16-,17?,21?/m1/s1. The van der Waals surface area contributed by atoms with E-state index in [0.717, 1.165) is 19.3 Å². The number of ether oxygens (including phenoxy) is 3. The first-order valence-electron chi connectivity index (χ1n) is 13.1. The Bertz CT molecular complexity index is 1190. The second-order valence-corrected chi connectivity index (χ2v) is 13.4. The molecule has 5 rings (SSSR count). The summed E-state index contributed by atoms with van der Waals surface area (Å²) >= 11 is 0. The number of halogens is 6. The molecule has 0 aromatic rings. The Kier molecular flexibility index (Phi) is 6.76. The molecule has 4 aliphatic carbocycles. The maximum absolute atomic E-state index is 13.8. The summed E-state index contributed by atoms with van der Waals surface area (Å²) in [5, 5.41) is 0. The molecule has 16 heteroatoms. The molecule has 5 fully saturated rings. The number of hydrogen-bond acceptors (Lipinski definition) is 8. The van der Waals surface area contributed by atoms with Gasteiger partial charge in [0.2, 0.25) is 0 Å². The van der Waals surface area contributed by atoms with E-state index >= 15 is 0 Å². The van der Waals surface area contributed by atoms with Gasteiger partial charge in [-0.15, -0.1) is 0 Å². The molecular formula is C24H28F6O9S. The minimum Gasteiger partial charge on any atom is -0.458 e. The number of rotatable bonds is 7. The number of carbonyl (C=O) groups is 3. The van der Waals surface area contributed by atoms with Gasteiger partial charge >= 0.3 is 35.9 Å². The predicted molar refractivity (Wildman–Crippen MR) is 118 cm³/mol. The van der Waals surface area contributed by atoms with Crippen molar-refractivity contribution in [3.8, 4) is 0 Å². The maximum Gasteiger partial charge on any atom is 0.438 e. The fraction of sp³-hybridized carbons (Fsp3) is 0.875. The zero-order valence-corrected chi connectivity index (χ0v) is 22.0. The van der Waals surface area contributed by atoms with E-state index in [2.05, 4.69) is 4.74 Å². The Morgan fingerprint density at radius 3 is 2.30 bits per heavy atom. The van der Waals surface area contributed by atoms with Crippen molar-refractivity contribution in [2.24, 2.45) is 40.9 Å². The van der Waals surface area contributed by atoms with E-state index < -0.39 is 93.0 Å². The van der Waals surface area contributed by atoms with Gasteiger partial charge in [0, 0.05) is 11.8 Å². The third-order valence-corrected chi connectivity index (χ3v) is 10.5. The van der Waals surface area contributed by atoms with Crippen LogP contribution in [0.4, 0.5) is 26.3 Å². The van der Waals surface area contributed by atoms with Gasteiger partial charge in [0.25, 0.3) is 10.1 Å². The molecule has 4 saturated carbocycles. The smallest absolute Gasteiger partial charge is 0.438 e. The highest BCUT2D eigenvalue weighted by Crippen LogP contribution is 2.61. The van der Waals surface area contributed by atoms with Gasteiger partial charge in [-0.25, -0.2) is 0 Å². The average molecular weight is 607 g/mol. The first-order valence-corrected chi connectivity index (χ1v) is 14.7. The summed E-state index contributed by atoms with van der Waals surface area (Å²) in [7, 11) is -5.98. The summed E-state index contributed by atoms with van der Waals surface area (Å²) in [5.74, 6) is -11.6. The second kappa shape index (κ2) is 9.20. The molecule has 1 aliphatic heterocycles. The number of esters is 3. The van der Waals surface area contributed by atoms with Crippen LogP contribution < -0.4 is 0 Å². The van der Waals surface area contributed by atoms with Crippen LogP contribution in [0.25, 0.3) is 0 Å². The van der Waals surface area contributed by atoms with E-state index in [-0.39, 0.29) is 12.3 Å². The van der Waals surface area contributed by atoms with Crippen LogP contribution in [0.1, 0.15) is 51.9 Å². The summed E-state index contributed by atoms with van der Waals surface area (Å²) < 4.78 is 129. The second-order valence-electron chi connectivity index (χ2n) is 12.0. The van der Waals surface area contributed by atoms with Crippen LogP contribution in [0, 0.1) is 40.9 Å². The van der Waals surface area contributed by atoms with Gasteiger partial charge in [-0.3, -0.25) is 18.9 Å². The van der Waals surface area contributed by atoms with Crippen molar-refractivity contribution in [3.05, 3.63) is 0 Å². The van der Waals surface area contributed by atoms with Gasteiger partial charge in [0.15, 0.2) is 0 Å². The molecule has 226 valence electrons. The highest BCUT2D eigenvalue weighted by Gasteiger charge is 2.78. The van der Waals surface area contributed by atoms with Crippen molar-refractivity contribution >= 4 is 28.0 Å². The van der Waals surface area contributed by atoms with Crippen molar-refractivity contribution in [1.29, 1.82) is 0 Å². The quantitative estimate of drug-likeness (QED) is 0.200. The molecular weight excluding hydrogens is 578 g/mol. The van der Waals surface area contributed by atoms with Crippen LogP contribution in [-0.2, 0) is 38.7 Å². The fourth-order valence-corrected chi connectivity index (χ4v) is 8.89. The SMILES string of the molecule is CCC1CC2CCC(C(=O)OC3C4CC5C(C(=O)O[C@H]53)C4C(=O)OC(CS(=O)(=O)O)(C(F)(F)F)C(F)(F)F)(C1)C2. The lowest BCUT2D eigenvalue weighted by molar-refractivity contribution is -0.362. The Labute approximate surface area is 225 Å². The molecule has 0 aromatic heterocycles. The summed E-state index contributed by atoms with van der Waals surface area (Å²) in [6, 6.07) is 0. The minimum absolute atomic E-state index is 0.0602. The van der Waals surface area contributed by atoms with Crippen LogP contribution in [0.15, 0.2) is 0 Å². The van der Waals surface area contributed by atoms with Crippen molar-refractivity contribution in [3.63, 3.8) is 0 Å². The fourth-order valence-electron chi connectivity index (χ4n) is 7.99. The van der Waals surface area contributed by atoms with Crippen LogP contribution in [0.2, 0.25) is 0 Å². The largest absolute Gasteiger partial charge is 0.458 e. The van der Waals surface area contributed by atoms with Crippen molar-refractivity contribution in [2.45, 2.75) is 82.0 Å². The van der Waals surface area contributed by atoms with Crippen LogP contribution >= 0.6 is 0 Å². The minimum atomic E-state index is -6.51. The summed E-state index contributed by atoms with van der Waals surface area (Å²) in [4.78, 5) is 39.1. The van der Waals surface area contributed by atoms with E-state index in [9.17, 15) is 49.1 Å². The normalized spacial score (nSPS) is 38.9. The lowest BCUT2D eigenvalue weighted by Crippen LogP contribution is -2.64. The zero-order chi connectivity index (χ0) is 29.6. The Morgan fingerprint density at radius 1 is 1.07 bits per heavy atom. The maximum atomic E-state index is 13.8. The molecule has 40 heavy (non-hydrogen) atoms. The number of hydrogen-bond donors (Lipinski definition) is 1. The number of alkyl halides is 6. The molecule has 1 N–H and O–H groups in total. The molecule has 1 heterocycles. The molecule has 4 bridgehead atoms. The highest BCUT2D eigenvalue weighted by molar-refractivity contribution is 7.85. The van der Waals surface area contributed by atoms with Crippen LogP contribution in [-0.4, -0.2) is 66.8 Å². The van der Waals surface area contributed by atoms with Crippen molar-refractivity contribution < 1.29 is 67.9 Å². The zero-order valence-electron chi connectivity index (χ0n) is 21.2. The first kappa shape index (κ1) is 29.4. The Balaban J connectivity index is 1.43.